The van der Waals surface area contributed by atoms with E-state index in [1.165, 1.54) is 10.5 Å². The number of rotatable bonds is 5. The van der Waals surface area contributed by atoms with Crippen LogP contribution in [0.25, 0.3) is 0 Å². The molecule has 0 atom stereocenters. The molecule has 1 fully saturated rings. The van der Waals surface area contributed by atoms with Gasteiger partial charge in [0.05, 0.1) is 0 Å². The number of hydrogen-bond acceptors (Lipinski definition) is 3. The molecule has 0 aromatic heterocycles. The lowest BCUT2D eigenvalue weighted by Crippen LogP contribution is -2.53. The molecule has 2 rings (SSSR count). The van der Waals surface area contributed by atoms with Crippen LogP contribution in [-0.2, 0) is 16.0 Å². The highest BCUT2D eigenvalue weighted by atomic mass is 16.2. The van der Waals surface area contributed by atoms with Crippen molar-refractivity contribution in [3.63, 3.8) is 0 Å². The molecule has 0 spiro atoms. The zero-order valence-electron chi connectivity index (χ0n) is 11.8. The van der Waals surface area contributed by atoms with Gasteiger partial charge in [0, 0.05) is 25.8 Å². The summed E-state index contributed by atoms with van der Waals surface area (Å²) in [5.41, 5.74) is 7.47. The zero-order chi connectivity index (χ0) is 14.5. The molecule has 1 aromatic carbocycles. The van der Waals surface area contributed by atoms with E-state index in [1.54, 1.807) is 11.9 Å². The van der Waals surface area contributed by atoms with E-state index >= 15 is 0 Å². The number of aryl methyl sites for hydroxylation is 1. The quantitative estimate of drug-likeness (QED) is 0.637. The first-order valence-electron chi connectivity index (χ1n) is 6.99. The molecule has 1 aliphatic heterocycles. The largest absolute Gasteiger partial charge is 0.336 e. The summed E-state index contributed by atoms with van der Waals surface area (Å²) >= 11 is 0. The fraction of sp³-hybridized carbons (Fsp3) is 0.467. The molecule has 0 radical (unpaired) electrons. The lowest BCUT2D eigenvalue weighted by molar-refractivity contribution is -0.145. The highest BCUT2D eigenvalue weighted by molar-refractivity contribution is 6.40. The Morgan fingerprint density at radius 2 is 1.95 bits per heavy atom. The molecule has 20 heavy (non-hydrogen) atoms. The van der Waals surface area contributed by atoms with Crippen molar-refractivity contribution in [2.24, 2.45) is 5.73 Å². The van der Waals surface area contributed by atoms with Crippen molar-refractivity contribution in [1.82, 2.24) is 4.90 Å². The van der Waals surface area contributed by atoms with Crippen molar-refractivity contribution in [2.75, 3.05) is 31.6 Å². The molecule has 1 aliphatic rings. The van der Waals surface area contributed by atoms with Gasteiger partial charge in [0.15, 0.2) is 0 Å². The molecule has 0 unspecified atom stereocenters. The van der Waals surface area contributed by atoms with Crippen LogP contribution in [0.4, 0.5) is 5.69 Å². The zero-order valence-corrected chi connectivity index (χ0v) is 11.8. The Bertz CT molecular complexity index is 502. The number of carbonyl (C=O) groups excluding carboxylic acids is 2. The van der Waals surface area contributed by atoms with Gasteiger partial charge in [-0.05, 0) is 43.5 Å². The van der Waals surface area contributed by atoms with Crippen LogP contribution in [-0.4, -0.2) is 43.4 Å². The highest BCUT2D eigenvalue weighted by Crippen LogP contribution is 2.20. The molecule has 1 aromatic rings. The van der Waals surface area contributed by atoms with E-state index in [1.807, 2.05) is 24.3 Å². The first-order valence-corrected chi connectivity index (χ1v) is 6.99. The lowest BCUT2D eigenvalue weighted by Gasteiger charge is -2.31. The van der Waals surface area contributed by atoms with Crippen LogP contribution in [0.15, 0.2) is 24.3 Å². The summed E-state index contributed by atoms with van der Waals surface area (Å²) in [6, 6.07) is 7.85. The van der Waals surface area contributed by atoms with Crippen LogP contribution in [0, 0.1) is 0 Å². The van der Waals surface area contributed by atoms with E-state index in [0.29, 0.717) is 19.6 Å². The molecule has 0 aliphatic carbocycles. The van der Waals surface area contributed by atoms with Crippen LogP contribution >= 0.6 is 0 Å². The number of likely N-dealkylation sites (N-methyl/N-ethyl adjacent to an activating group) is 1. The van der Waals surface area contributed by atoms with Gasteiger partial charge in [0.2, 0.25) is 0 Å². The third-order valence-corrected chi connectivity index (χ3v) is 3.58. The van der Waals surface area contributed by atoms with Crippen molar-refractivity contribution < 1.29 is 9.59 Å². The number of nitrogens with two attached hydrogens (primary N) is 1. The SMILES string of the molecule is CN1CCN(c2cccc(CCCCN)c2)C(=O)C1=O. The summed E-state index contributed by atoms with van der Waals surface area (Å²) in [6.07, 6.45) is 2.98. The standard InChI is InChI=1S/C15H21N3O2/c1-17-9-10-18(15(20)14(17)19)13-7-4-6-12(11-13)5-2-3-8-16/h4,6-7,11H,2-3,5,8-10,16H2,1H3. The molecule has 5 heteroatoms. The molecule has 1 saturated heterocycles. The van der Waals surface area contributed by atoms with Crippen LogP contribution in [0.5, 0.6) is 0 Å². The lowest BCUT2D eigenvalue weighted by atomic mass is 10.1. The van der Waals surface area contributed by atoms with Crippen LogP contribution in [0.2, 0.25) is 0 Å². The number of hydrogen-bond donors (Lipinski definition) is 1. The fourth-order valence-electron chi connectivity index (χ4n) is 2.33. The van der Waals surface area contributed by atoms with Crippen molar-refractivity contribution in [2.45, 2.75) is 19.3 Å². The summed E-state index contributed by atoms with van der Waals surface area (Å²) in [4.78, 5) is 26.8. The van der Waals surface area contributed by atoms with Crippen molar-refractivity contribution in [1.29, 1.82) is 0 Å². The van der Waals surface area contributed by atoms with Gasteiger partial charge in [0.25, 0.3) is 0 Å². The Morgan fingerprint density at radius 1 is 1.15 bits per heavy atom. The average Bonchev–Trinajstić information content (AvgIpc) is 2.46. The van der Waals surface area contributed by atoms with Gasteiger partial charge in [-0.3, -0.25) is 9.59 Å². The molecular formula is C15H21N3O2. The van der Waals surface area contributed by atoms with E-state index in [9.17, 15) is 9.59 Å². The number of benzene rings is 1. The Labute approximate surface area is 119 Å². The monoisotopic (exact) mass is 275 g/mol. The van der Waals surface area contributed by atoms with Gasteiger partial charge in [-0.25, -0.2) is 0 Å². The van der Waals surface area contributed by atoms with Gasteiger partial charge in [-0.2, -0.15) is 0 Å². The minimum Gasteiger partial charge on any atom is -0.336 e. The Kier molecular flexibility index (Phi) is 4.74. The predicted octanol–water partition coefficient (Wildman–Crippen LogP) is 0.773. The molecule has 5 nitrogen and oxygen atoms in total. The summed E-state index contributed by atoms with van der Waals surface area (Å²) in [5.74, 6) is -0.886. The van der Waals surface area contributed by atoms with Crippen molar-refractivity contribution >= 4 is 17.5 Å². The number of nitrogens with zero attached hydrogens (tertiary/aromatic N) is 2. The minimum absolute atomic E-state index is 0.440. The maximum absolute atomic E-state index is 12.0. The summed E-state index contributed by atoms with van der Waals surface area (Å²) in [5, 5.41) is 0. The van der Waals surface area contributed by atoms with Gasteiger partial charge in [0.1, 0.15) is 0 Å². The molecule has 108 valence electrons. The average molecular weight is 275 g/mol. The molecular weight excluding hydrogens is 254 g/mol. The van der Waals surface area contributed by atoms with Crippen LogP contribution < -0.4 is 10.6 Å². The third kappa shape index (κ3) is 3.17. The van der Waals surface area contributed by atoms with Gasteiger partial charge in [-0.1, -0.05) is 12.1 Å². The normalized spacial score (nSPS) is 15.9. The van der Waals surface area contributed by atoms with E-state index in [0.717, 1.165) is 24.9 Å². The Morgan fingerprint density at radius 3 is 2.70 bits per heavy atom. The summed E-state index contributed by atoms with van der Waals surface area (Å²) < 4.78 is 0. The van der Waals surface area contributed by atoms with E-state index < -0.39 is 11.8 Å². The maximum atomic E-state index is 12.0. The second-order valence-corrected chi connectivity index (χ2v) is 5.10. The van der Waals surface area contributed by atoms with Gasteiger partial charge in [-0.15, -0.1) is 0 Å². The third-order valence-electron chi connectivity index (χ3n) is 3.58. The van der Waals surface area contributed by atoms with Crippen LogP contribution in [0.3, 0.4) is 0 Å². The molecule has 2 amide bonds. The first kappa shape index (κ1) is 14.5. The second kappa shape index (κ2) is 6.52. The van der Waals surface area contributed by atoms with E-state index in [-0.39, 0.29) is 0 Å². The number of anilines is 1. The fourth-order valence-corrected chi connectivity index (χ4v) is 2.33. The van der Waals surface area contributed by atoms with Gasteiger partial charge >= 0.3 is 11.8 Å². The smallest absolute Gasteiger partial charge is 0.316 e. The predicted molar refractivity (Wildman–Crippen MR) is 78.4 cm³/mol. The number of carbonyl (C=O) groups is 2. The van der Waals surface area contributed by atoms with Gasteiger partial charge < -0.3 is 15.5 Å². The molecule has 1 heterocycles. The number of piperazine rings is 1. The highest BCUT2D eigenvalue weighted by Gasteiger charge is 2.31. The van der Waals surface area contributed by atoms with Crippen LogP contribution in [0.1, 0.15) is 18.4 Å². The van der Waals surface area contributed by atoms with Crippen molar-refractivity contribution in [3.05, 3.63) is 29.8 Å². The number of amides is 2. The van der Waals surface area contributed by atoms with Crippen molar-refractivity contribution in [3.8, 4) is 0 Å². The molecule has 0 bridgehead atoms. The Hall–Kier alpha value is -1.88. The summed E-state index contributed by atoms with van der Waals surface area (Å²) in [7, 11) is 1.65. The maximum Gasteiger partial charge on any atom is 0.316 e. The second-order valence-electron chi connectivity index (χ2n) is 5.10. The van der Waals surface area contributed by atoms with E-state index in [4.69, 9.17) is 5.73 Å². The number of unbranched alkanes of at least 4 members (excludes halogenated alkanes) is 1. The molecule has 0 saturated carbocycles. The van der Waals surface area contributed by atoms with E-state index in [2.05, 4.69) is 0 Å². The summed E-state index contributed by atoms with van der Waals surface area (Å²) in [6.45, 7) is 1.82. The first-order chi connectivity index (χ1) is 9.63. The minimum atomic E-state index is -0.446. The topological polar surface area (TPSA) is 66.6 Å². The Balaban J connectivity index is 2.10. The molecule has 2 N–H and O–H groups in total.